The molecule has 1 heterocycles. The van der Waals surface area contributed by atoms with Gasteiger partial charge in [0.2, 0.25) is 0 Å². The third-order valence-corrected chi connectivity index (χ3v) is 10.7. The van der Waals surface area contributed by atoms with Gasteiger partial charge in [0, 0.05) is 12.6 Å². The van der Waals surface area contributed by atoms with Gasteiger partial charge in [-0.3, -0.25) is 4.90 Å². The molecule has 0 bridgehead atoms. The number of aliphatic hydroxyl groups is 2. The van der Waals surface area contributed by atoms with Crippen LogP contribution < -0.4 is 0 Å². The number of nitrogens with zero attached hydrogens (tertiary/aromatic N) is 1. The number of rotatable bonds is 6. The van der Waals surface area contributed by atoms with E-state index in [0.717, 1.165) is 45.2 Å². The number of piperidine rings is 1. The summed E-state index contributed by atoms with van der Waals surface area (Å²) in [7, 11) is 0. The maximum atomic E-state index is 11.3. The average Bonchev–Trinajstić information content (AvgIpc) is 3.20. The Hall–Kier alpha value is -1.16. The normalized spacial score (nSPS) is 37.9. The van der Waals surface area contributed by atoms with E-state index in [-0.39, 0.29) is 23.7 Å². The molecule has 0 spiro atoms. The van der Waals surface area contributed by atoms with Gasteiger partial charge >= 0.3 is 0 Å². The second-order valence-corrected chi connectivity index (χ2v) is 12.9. The summed E-state index contributed by atoms with van der Waals surface area (Å²) in [5, 5.41) is 21.6. The lowest BCUT2D eigenvalue weighted by molar-refractivity contribution is -0.0216. The Labute approximate surface area is 214 Å². The van der Waals surface area contributed by atoms with E-state index in [4.69, 9.17) is 0 Å². The average molecular weight is 480 g/mol. The van der Waals surface area contributed by atoms with E-state index in [0.29, 0.717) is 23.7 Å². The third kappa shape index (κ3) is 4.44. The van der Waals surface area contributed by atoms with E-state index in [2.05, 4.69) is 57.7 Å². The van der Waals surface area contributed by atoms with Crippen LogP contribution in [0.25, 0.3) is 0 Å². The SMILES string of the molecule is CCCCCN1C[C@@H](C)C[C@@H](O)[C@@H]1[C@@H](C)c1ccc2c(c1C)C[C@H]1[C@H]2CC=C2C[C@@H](O)CC[C@@]21C. The summed E-state index contributed by atoms with van der Waals surface area (Å²) in [5.41, 5.74) is 7.90. The van der Waals surface area contributed by atoms with Gasteiger partial charge in [-0.05, 0) is 110 Å². The molecule has 194 valence electrons. The summed E-state index contributed by atoms with van der Waals surface area (Å²) in [6.07, 6.45) is 12.0. The first-order valence-corrected chi connectivity index (χ1v) is 14.7. The zero-order chi connectivity index (χ0) is 24.9. The Balaban J connectivity index is 1.41. The highest BCUT2D eigenvalue weighted by molar-refractivity contribution is 5.50. The number of allylic oxidation sites excluding steroid dienone is 1. The van der Waals surface area contributed by atoms with Crippen molar-refractivity contribution in [3.63, 3.8) is 0 Å². The molecule has 1 aliphatic heterocycles. The molecule has 3 aliphatic carbocycles. The number of hydrogen-bond donors (Lipinski definition) is 2. The smallest absolute Gasteiger partial charge is 0.0704 e. The topological polar surface area (TPSA) is 43.7 Å². The summed E-state index contributed by atoms with van der Waals surface area (Å²) in [4.78, 5) is 2.62. The van der Waals surface area contributed by atoms with Gasteiger partial charge in [-0.15, -0.1) is 0 Å². The molecule has 35 heavy (non-hydrogen) atoms. The van der Waals surface area contributed by atoms with Gasteiger partial charge in [-0.2, -0.15) is 0 Å². The fourth-order valence-electron chi connectivity index (χ4n) is 8.70. The summed E-state index contributed by atoms with van der Waals surface area (Å²) >= 11 is 0. The molecule has 0 amide bonds. The molecule has 2 N–H and O–H groups in total. The van der Waals surface area contributed by atoms with Gasteiger partial charge in [0.15, 0.2) is 0 Å². The second-order valence-electron chi connectivity index (χ2n) is 12.9. The Morgan fingerprint density at radius 2 is 1.97 bits per heavy atom. The van der Waals surface area contributed by atoms with Crippen molar-refractivity contribution in [1.29, 1.82) is 0 Å². The highest BCUT2D eigenvalue weighted by Crippen LogP contribution is 2.60. The molecule has 4 aliphatic rings. The van der Waals surface area contributed by atoms with Gasteiger partial charge in [-0.25, -0.2) is 0 Å². The molecule has 5 rings (SSSR count). The van der Waals surface area contributed by atoms with Crippen molar-refractivity contribution in [3.05, 3.63) is 46.0 Å². The minimum atomic E-state index is -0.245. The predicted octanol–water partition coefficient (Wildman–Crippen LogP) is 6.50. The lowest BCUT2D eigenvalue weighted by atomic mass is 9.57. The van der Waals surface area contributed by atoms with E-state index >= 15 is 0 Å². The summed E-state index contributed by atoms with van der Waals surface area (Å²) in [6, 6.07) is 5.09. The minimum absolute atomic E-state index is 0.145. The van der Waals surface area contributed by atoms with Crippen LogP contribution in [0, 0.1) is 24.2 Å². The number of fused-ring (bicyclic) bond motifs is 5. The molecule has 0 unspecified atom stereocenters. The maximum Gasteiger partial charge on any atom is 0.0704 e. The lowest BCUT2D eigenvalue weighted by Gasteiger charge is -2.48. The quantitative estimate of drug-likeness (QED) is 0.362. The van der Waals surface area contributed by atoms with E-state index in [9.17, 15) is 10.2 Å². The maximum absolute atomic E-state index is 11.3. The second kappa shape index (κ2) is 9.95. The van der Waals surface area contributed by atoms with Gasteiger partial charge in [0.05, 0.1) is 12.2 Å². The Kier molecular flexibility index (Phi) is 7.25. The van der Waals surface area contributed by atoms with E-state index in [1.54, 1.807) is 11.1 Å². The fourth-order valence-corrected chi connectivity index (χ4v) is 8.70. The summed E-state index contributed by atoms with van der Waals surface area (Å²) in [5.74, 6) is 2.20. The molecule has 0 radical (unpaired) electrons. The molecule has 8 atom stereocenters. The first-order chi connectivity index (χ1) is 16.7. The van der Waals surface area contributed by atoms with Gasteiger partial charge in [0.25, 0.3) is 0 Å². The summed E-state index contributed by atoms with van der Waals surface area (Å²) in [6.45, 7) is 14.0. The molecule has 0 aromatic heterocycles. The molecule has 3 heteroatoms. The van der Waals surface area contributed by atoms with Crippen molar-refractivity contribution in [2.75, 3.05) is 13.1 Å². The largest absolute Gasteiger partial charge is 0.393 e. The van der Waals surface area contributed by atoms with Crippen molar-refractivity contribution in [2.45, 2.75) is 122 Å². The fraction of sp³-hybridized carbons (Fsp3) is 0.750. The van der Waals surface area contributed by atoms with Crippen LogP contribution in [-0.2, 0) is 6.42 Å². The van der Waals surface area contributed by atoms with Crippen LogP contribution >= 0.6 is 0 Å². The highest BCUT2D eigenvalue weighted by atomic mass is 16.3. The zero-order valence-electron chi connectivity index (χ0n) is 22.9. The Morgan fingerprint density at radius 3 is 2.74 bits per heavy atom. The van der Waals surface area contributed by atoms with Crippen molar-refractivity contribution in [2.24, 2.45) is 17.3 Å². The molecular formula is C32H49NO2. The van der Waals surface area contributed by atoms with Crippen LogP contribution in [0.15, 0.2) is 23.8 Å². The number of aliphatic hydroxyl groups excluding tert-OH is 2. The molecule has 1 saturated carbocycles. The molecule has 1 aromatic carbocycles. The van der Waals surface area contributed by atoms with Crippen LogP contribution in [0.5, 0.6) is 0 Å². The van der Waals surface area contributed by atoms with Crippen LogP contribution in [0.3, 0.4) is 0 Å². The third-order valence-electron chi connectivity index (χ3n) is 10.7. The monoisotopic (exact) mass is 479 g/mol. The first-order valence-electron chi connectivity index (χ1n) is 14.7. The first kappa shape index (κ1) is 25.5. The Morgan fingerprint density at radius 1 is 1.17 bits per heavy atom. The highest BCUT2D eigenvalue weighted by Gasteiger charge is 2.50. The van der Waals surface area contributed by atoms with Gasteiger partial charge in [-0.1, -0.05) is 64.3 Å². The standard InChI is InChI=1S/C32H49NO2/c1-6-7-8-15-33-19-20(2)16-30(35)31(33)22(4)25-11-12-26-27-10-9-23-17-24(34)13-14-32(23,5)29(27)18-28(26)21(25)3/h9,11-12,20,22,24,27,29-31,34-35H,6-8,10,13-19H2,1-5H3/t20-,22-,24-,27-,29-,30+,31-,32-/m0/s1. The molecule has 2 fully saturated rings. The van der Waals surface area contributed by atoms with Gasteiger partial charge < -0.3 is 10.2 Å². The van der Waals surface area contributed by atoms with Gasteiger partial charge in [0.1, 0.15) is 0 Å². The molecule has 1 aromatic rings. The van der Waals surface area contributed by atoms with E-state index in [1.807, 2.05) is 0 Å². The lowest BCUT2D eigenvalue weighted by Crippen LogP contribution is -2.53. The van der Waals surface area contributed by atoms with Crippen molar-refractivity contribution >= 4 is 0 Å². The van der Waals surface area contributed by atoms with Crippen LogP contribution in [0.2, 0.25) is 0 Å². The minimum Gasteiger partial charge on any atom is -0.393 e. The molecule has 3 nitrogen and oxygen atoms in total. The van der Waals surface area contributed by atoms with Crippen LogP contribution in [0.1, 0.15) is 113 Å². The van der Waals surface area contributed by atoms with E-state index < -0.39 is 0 Å². The number of likely N-dealkylation sites (tertiary alicyclic amines) is 1. The number of benzene rings is 1. The molecular weight excluding hydrogens is 430 g/mol. The van der Waals surface area contributed by atoms with Crippen LogP contribution in [0.4, 0.5) is 0 Å². The number of hydrogen-bond acceptors (Lipinski definition) is 3. The van der Waals surface area contributed by atoms with Crippen LogP contribution in [-0.4, -0.2) is 46.5 Å². The number of unbranched alkanes of at least 4 members (excludes halogenated alkanes) is 2. The van der Waals surface area contributed by atoms with Crippen molar-refractivity contribution in [1.82, 2.24) is 4.90 Å². The van der Waals surface area contributed by atoms with Crippen molar-refractivity contribution < 1.29 is 10.2 Å². The summed E-state index contributed by atoms with van der Waals surface area (Å²) < 4.78 is 0. The zero-order valence-corrected chi connectivity index (χ0v) is 22.9. The predicted molar refractivity (Wildman–Crippen MR) is 145 cm³/mol. The van der Waals surface area contributed by atoms with E-state index in [1.165, 1.54) is 42.4 Å². The Bertz CT molecular complexity index is 953. The molecule has 1 saturated heterocycles. The van der Waals surface area contributed by atoms with Crippen molar-refractivity contribution in [3.8, 4) is 0 Å².